The van der Waals surface area contributed by atoms with Crippen LogP contribution < -0.4 is 4.90 Å². The number of hydrogen-bond acceptors (Lipinski definition) is 3. The first-order valence-electron chi connectivity index (χ1n) is 6.92. The highest BCUT2D eigenvalue weighted by molar-refractivity contribution is 5.95. The Labute approximate surface area is 105 Å². The smallest absolute Gasteiger partial charge is 0.166 e. The minimum atomic E-state index is -2.45. The van der Waals surface area contributed by atoms with E-state index in [9.17, 15) is 0 Å². The van der Waals surface area contributed by atoms with Gasteiger partial charge in [-0.05, 0) is 22.9 Å². The minimum Gasteiger partial charge on any atom is -0.356 e. The van der Waals surface area contributed by atoms with Crippen molar-refractivity contribution in [1.29, 1.82) is 0 Å². The highest BCUT2D eigenvalue weighted by Gasteiger charge is 2.19. The van der Waals surface area contributed by atoms with Crippen molar-refractivity contribution in [3.8, 4) is 0 Å². The van der Waals surface area contributed by atoms with E-state index >= 15 is 0 Å². The monoisotopic (exact) mass is 229 g/mol. The average molecular weight is 229 g/mol. The Morgan fingerprint density at radius 3 is 2.82 bits per heavy atom. The summed E-state index contributed by atoms with van der Waals surface area (Å²) < 4.78 is 26.6. The van der Waals surface area contributed by atoms with Crippen molar-refractivity contribution in [2.75, 3.05) is 19.0 Å². The third-order valence-electron chi connectivity index (χ3n) is 3.07. The second-order valence-corrected chi connectivity index (χ2v) is 4.09. The van der Waals surface area contributed by atoms with Crippen LogP contribution in [-0.4, -0.2) is 26.5 Å². The summed E-state index contributed by atoms with van der Waals surface area (Å²) in [5.74, 6) is 0. The van der Waals surface area contributed by atoms with Crippen molar-refractivity contribution >= 4 is 28.4 Å². The van der Waals surface area contributed by atoms with Gasteiger partial charge < -0.3 is 9.64 Å². The van der Waals surface area contributed by atoms with Crippen molar-refractivity contribution in [1.82, 2.24) is 0 Å². The van der Waals surface area contributed by atoms with Crippen LogP contribution in [0.2, 0.25) is 0 Å². The molecule has 0 aromatic heterocycles. The van der Waals surface area contributed by atoms with Crippen LogP contribution in [0.3, 0.4) is 0 Å². The molecule has 0 spiro atoms. The van der Waals surface area contributed by atoms with Gasteiger partial charge in [0.1, 0.15) is 0 Å². The molecule has 0 fully saturated rings. The molecule has 3 rings (SSSR count). The lowest BCUT2D eigenvalue weighted by atomic mass is 10.1. The maximum absolute atomic E-state index is 7.20. The number of benzene rings is 2. The van der Waals surface area contributed by atoms with Gasteiger partial charge >= 0.3 is 0 Å². The lowest BCUT2D eigenvalue weighted by Crippen LogP contribution is -2.36. The van der Waals surface area contributed by atoms with Gasteiger partial charge in [0.05, 0.1) is 21.7 Å². The fraction of sp³-hybridized carbons (Fsp3) is 0.214. The number of fused-ring (bicyclic) bond motifs is 2. The van der Waals surface area contributed by atoms with Crippen LogP contribution in [0, 0.1) is 0 Å². The van der Waals surface area contributed by atoms with Crippen LogP contribution in [0.5, 0.6) is 0 Å². The van der Waals surface area contributed by atoms with Gasteiger partial charge in [0, 0.05) is 14.1 Å². The molecule has 0 radical (unpaired) electrons. The molecule has 2 aromatic carbocycles. The summed E-state index contributed by atoms with van der Waals surface area (Å²) in [5, 5.41) is 2.19. The fourth-order valence-corrected chi connectivity index (χ4v) is 2.09. The molecule has 2 aromatic rings. The molecule has 0 saturated heterocycles. The van der Waals surface area contributed by atoms with Gasteiger partial charge in [-0.2, -0.15) is 0 Å². The Hall–Kier alpha value is -1.87. The van der Waals surface area contributed by atoms with Crippen molar-refractivity contribution < 1.29 is 8.85 Å². The zero-order valence-electron chi connectivity index (χ0n) is 12.4. The molecule has 0 N–H and O–H groups in total. The van der Waals surface area contributed by atoms with E-state index in [-0.39, 0.29) is 0 Å². The zero-order chi connectivity index (χ0) is 14.3. The lowest BCUT2D eigenvalue weighted by Gasteiger charge is -2.30. The van der Waals surface area contributed by atoms with Crippen molar-refractivity contribution in [3.05, 3.63) is 36.4 Å². The van der Waals surface area contributed by atoms with E-state index in [1.807, 2.05) is 36.4 Å². The molecule has 1 aliphatic heterocycles. The predicted octanol–water partition coefficient (Wildman–Crippen LogP) is 2.96. The van der Waals surface area contributed by atoms with E-state index in [1.165, 1.54) is 6.21 Å². The topological polar surface area (TPSA) is 24.8 Å². The normalized spacial score (nSPS) is 21.8. The zero-order valence-corrected chi connectivity index (χ0v) is 9.42. The van der Waals surface area contributed by atoms with Gasteiger partial charge in [0.2, 0.25) is 0 Å². The SMILES string of the molecule is [2H]C([2H])([2H])OC1C=Nc2cc3ccccc3cc2N1C. The quantitative estimate of drug-likeness (QED) is 0.751. The predicted molar refractivity (Wildman–Crippen MR) is 71.3 cm³/mol. The van der Waals surface area contributed by atoms with Gasteiger partial charge in [-0.3, -0.25) is 4.99 Å². The number of ether oxygens (including phenoxy) is 1. The first-order chi connectivity index (χ1) is 9.44. The van der Waals surface area contributed by atoms with Gasteiger partial charge in [-0.1, -0.05) is 24.3 Å². The third kappa shape index (κ3) is 1.59. The summed E-state index contributed by atoms with van der Waals surface area (Å²) in [6, 6.07) is 12.0. The van der Waals surface area contributed by atoms with Crippen LogP contribution in [0.4, 0.5) is 11.4 Å². The second-order valence-electron chi connectivity index (χ2n) is 4.09. The Kier molecular flexibility index (Phi) is 1.69. The van der Waals surface area contributed by atoms with Gasteiger partial charge in [0.25, 0.3) is 0 Å². The molecular weight excluding hydrogens is 212 g/mol. The van der Waals surface area contributed by atoms with Crippen LogP contribution in [-0.2, 0) is 4.74 Å². The number of nitrogens with zero attached hydrogens (tertiary/aromatic N) is 2. The maximum Gasteiger partial charge on any atom is 0.166 e. The molecule has 0 amide bonds. The molecule has 3 nitrogen and oxygen atoms in total. The molecule has 1 aliphatic rings. The third-order valence-corrected chi connectivity index (χ3v) is 3.07. The molecule has 3 heteroatoms. The lowest BCUT2D eigenvalue weighted by molar-refractivity contribution is 0.159. The van der Waals surface area contributed by atoms with Gasteiger partial charge in [-0.25, -0.2) is 0 Å². The summed E-state index contributed by atoms with van der Waals surface area (Å²) in [7, 11) is -0.644. The molecule has 0 bridgehead atoms. The molecule has 0 aliphatic carbocycles. The molecule has 1 unspecified atom stereocenters. The maximum atomic E-state index is 7.20. The van der Waals surface area contributed by atoms with Crippen LogP contribution in [0.25, 0.3) is 10.8 Å². The standard InChI is InChI=1S/C14H14N2O/c1-16-13-8-11-6-4-3-5-10(11)7-12(13)15-9-14(16)17-2/h3-9,14H,1-2H3/i2D3. The van der Waals surface area contributed by atoms with Gasteiger partial charge in [-0.15, -0.1) is 0 Å². The minimum absolute atomic E-state index is 0.684. The fourth-order valence-electron chi connectivity index (χ4n) is 2.09. The average Bonchev–Trinajstić information content (AvgIpc) is 2.39. The van der Waals surface area contributed by atoms with Crippen molar-refractivity contribution in [3.63, 3.8) is 0 Å². The van der Waals surface area contributed by atoms with Crippen LogP contribution in [0.1, 0.15) is 4.11 Å². The molecule has 0 saturated carbocycles. The summed E-state index contributed by atoms with van der Waals surface area (Å²) in [6.07, 6.45) is 0.833. The van der Waals surface area contributed by atoms with Gasteiger partial charge in [0.15, 0.2) is 6.23 Å². The number of hydrogen-bond donors (Lipinski definition) is 0. The summed E-state index contributed by atoms with van der Waals surface area (Å²) >= 11 is 0. The largest absolute Gasteiger partial charge is 0.356 e. The number of methoxy groups -OCH3 is 1. The summed E-state index contributed by atoms with van der Waals surface area (Å²) in [4.78, 5) is 6.10. The Bertz CT molecular complexity index is 682. The highest BCUT2D eigenvalue weighted by atomic mass is 16.5. The Morgan fingerprint density at radius 2 is 2.06 bits per heavy atom. The Morgan fingerprint density at radius 1 is 1.29 bits per heavy atom. The van der Waals surface area contributed by atoms with Crippen LogP contribution >= 0.6 is 0 Å². The molecular formula is C14H14N2O. The first kappa shape index (κ1) is 7.45. The number of rotatable bonds is 1. The molecule has 86 valence electrons. The molecule has 17 heavy (non-hydrogen) atoms. The molecule has 1 heterocycles. The first-order valence-corrected chi connectivity index (χ1v) is 5.42. The van der Waals surface area contributed by atoms with Crippen molar-refractivity contribution in [2.24, 2.45) is 4.99 Å². The molecule has 1 atom stereocenters. The summed E-state index contributed by atoms with van der Waals surface area (Å²) in [6.45, 7) is 0. The highest BCUT2D eigenvalue weighted by Crippen LogP contribution is 2.35. The number of anilines is 1. The van der Waals surface area contributed by atoms with E-state index in [0.29, 0.717) is 0 Å². The Balaban J connectivity index is 2.02. The van der Waals surface area contributed by atoms with E-state index in [0.717, 1.165) is 22.1 Å². The second kappa shape index (κ2) is 3.86. The van der Waals surface area contributed by atoms with E-state index in [1.54, 1.807) is 11.9 Å². The van der Waals surface area contributed by atoms with E-state index < -0.39 is 13.3 Å². The van der Waals surface area contributed by atoms with Crippen molar-refractivity contribution in [2.45, 2.75) is 6.23 Å². The van der Waals surface area contributed by atoms with E-state index in [2.05, 4.69) is 4.99 Å². The van der Waals surface area contributed by atoms with Crippen LogP contribution in [0.15, 0.2) is 41.4 Å². The summed E-state index contributed by atoms with van der Waals surface area (Å²) in [5.41, 5.74) is 1.68. The number of aliphatic imine (C=N–C) groups is 1. The van der Waals surface area contributed by atoms with E-state index in [4.69, 9.17) is 8.85 Å².